The van der Waals surface area contributed by atoms with E-state index in [0.717, 1.165) is 9.88 Å². The van der Waals surface area contributed by atoms with Gasteiger partial charge in [-0.25, -0.2) is 4.98 Å². The van der Waals surface area contributed by atoms with Gasteiger partial charge in [0.1, 0.15) is 0 Å². The fourth-order valence-corrected chi connectivity index (χ4v) is 1.92. The van der Waals surface area contributed by atoms with Gasteiger partial charge in [-0.3, -0.25) is 4.79 Å². The molecule has 0 aliphatic rings. The summed E-state index contributed by atoms with van der Waals surface area (Å²) in [6.45, 7) is 4.52. The molecule has 72 valence electrons. The molecule has 0 aromatic carbocycles. The average Bonchev–Trinajstić information content (AvgIpc) is 2.49. The van der Waals surface area contributed by atoms with E-state index in [1.54, 1.807) is 16.2 Å². The van der Waals surface area contributed by atoms with Crippen molar-refractivity contribution < 1.29 is 4.79 Å². The first-order chi connectivity index (χ1) is 6.13. The van der Waals surface area contributed by atoms with Crippen LogP contribution in [0.2, 0.25) is 0 Å². The van der Waals surface area contributed by atoms with Gasteiger partial charge in [-0.05, 0) is 6.92 Å². The lowest BCUT2D eigenvalue weighted by Crippen LogP contribution is -2.24. The Hall–Kier alpha value is -0.900. The standard InChI is InChI=1S/C9H14N2OS/c1-4-9(12)11(3)6-8-5-10-7(2)13-8/h5H,4,6H2,1-3H3. The molecule has 0 aliphatic heterocycles. The summed E-state index contributed by atoms with van der Waals surface area (Å²) in [5.41, 5.74) is 0. The highest BCUT2D eigenvalue weighted by atomic mass is 32.1. The zero-order valence-corrected chi connectivity index (χ0v) is 9.02. The Morgan fingerprint density at radius 2 is 2.38 bits per heavy atom. The Morgan fingerprint density at radius 1 is 1.69 bits per heavy atom. The molecule has 0 saturated heterocycles. The van der Waals surface area contributed by atoms with Gasteiger partial charge in [-0.2, -0.15) is 0 Å². The maximum absolute atomic E-state index is 11.2. The molecule has 1 aromatic heterocycles. The third kappa shape index (κ3) is 2.81. The summed E-state index contributed by atoms with van der Waals surface area (Å²) in [4.78, 5) is 18.2. The van der Waals surface area contributed by atoms with Crippen molar-refractivity contribution in [2.45, 2.75) is 26.8 Å². The Labute approximate surface area is 82.4 Å². The summed E-state index contributed by atoms with van der Waals surface area (Å²) in [7, 11) is 1.82. The van der Waals surface area contributed by atoms with E-state index >= 15 is 0 Å². The van der Waals surface area contributed by atoms with E-state index in [9.17, 15) is 4.79 Å². The van der Waals surface area contributed by atoms with Crippen LogP contribution in [0.3, 0.4) is 0 Å². The fraction of sp³-hybridized carbons (Fsp3) is 0.556. The van der Waals surface area contributed by atoms with Crippen molar-refractivity contribution in [2.24, 2.45) is 0 Å². The van der Waals surface area contributed by atoms with E-state index in [1.165, 1.54) is 0 Å². The number of thiazole rings is 1. The van der Waals surface area contributed by atoms with Gasteiger partial charge in [0.05, 0.1) is 11.6 Å². The molecule has 1 amide bonds. The summed E-state index contributed by atoms with van der Waals surface area (Å²) in [5.74, 6) is 0.172. The normalized spacial score (nSPS) is 10.1. The van der Waals surface area contributed by atoms with Crippen LogP contribution in [0, 0.1) is 6.92 Å². The molecule has 1 heterocycles. The van der Waals surface area contributed by atoms with Crippen LogP contribution in [0.15, 0.2) is 6.20 Å². The summed E-state index contributed by atoms with van der Waals surface area (Å²) in [5, 5.41) is 1.05. The second kappa shape index (κ2) is 4.37. The second-order valence-corrected chi connectivity index (χ2v) is 4.27. The number of carbonyl (C=O) groups is 1. The highest BCUT2D eigenvalue weighted by molar-refractivity contribution is 7.11. The van der Waals surface area contributed by atoms with Gasteiger partial charge < -0.3 is 4.90 Å². The van der Waals surface area contributed by atoms with Crippen molar-refractivity contribution >= 4 is 17.2 Å². The number of aromatic nitrogens is 1. The molecule has 4 heteroatoms. The van der Waals surface area contributed by atoms with Crippen LogP contribution in [0.5, 0.6) is 0 Å². The lowest BCUT2D eigenvalue weighted by Gasteiger charge is -2.14. The van der Waals surface area contributed by atoms with Gasteiger partial charge in [0.2, 0.25) is 5.91 Å². The Bertz CT molecular complexity index is 296. The quantitative estimate of drug-likeness (QED) is 0.742. The number of hydrogen-bond acceptors (Lipinski definition) is 3. The smallest absolute Gasteiger partial charge is 0.222 e. The van der Waals surface area contributed by atoms with E-state index < -0.39 is 0 Å². The first-order valence-electron chi connectivity index (χ1n) is 4.28. The van der Waals surface area contributed by atoms with Gasteiger partial charge in [-0.15, -0.1) is 11.3 Å². The van der Waals surface area contributed by atoms with Crippen LogP contribution >= 0.6 is 11.3 Å². The van der Waals surface area contributed by atoms with Crippen LogP contribution in [0.25, 0.3) is 0 Å². The van der Waals surface area contributed by atoms with Gasteiger partial charge >= 0.3 is 0 Å². The van der Waals surface area contributed by atoms with Crippen molar-refractivity contribution in [1.82, 2.24) is 9.88 Å². The third-order valence-corrected chi connectivity index (χ3v) is 2.69. The van der Waals surface area contributed by atoms with Crippen LogP contribution in [-0.2, 0) is 11.3 Å². The van der Waals surface area contributed by atoms with Gasteiger partial charge in [0.15, 0.2) is 0 Å². The van der Waals surface area contributed by atoms with Crippen molar-refractivity contribution in [3.05, 3.63) is 16.1 Å². The molecule has 0 radical (unpaired) electrons. The molecule has 0 unspecified atom stereocenters. The van der Waals surface area contributed by atoms with Crippen LogP contribution in [0.1, 0.15) is 23.2 Å². The van der Waals surface area contributed by atoms with E-state index in [-0.39, 0.29) is 5.91 Å². The summed E-state index contributed by atoms with van der Waals surface area (Å²) >= 11 is 1.64. The third-order valence-electron chi connectivity index (χ3n) is 1.79. The fourth-order valence-electron chi connectivity index (χ4n) is 1.07. The summed E-state index contributed by atoms with van der Waals surface area (Å²) in [6.07, 6.45) is 2.40. The number of hydrogen-bond donors (Lipinski definition) is 0. The van der Waals surface area contributed by atoms with Crippen molar-refractivity contribution in [2.75, 3.05) is 7.05 Å². The molecule has 0 saturated carbocycles. The van der Waals surface area contributed by atoms with E-state index in [2.05, 4.69) is 4.98 Å². The molecule has 0 atom stereocenters. The molecule has 0 N–H and O–H groups in total. The molecule has 0 aliphatic carbocycles. The maximum atomic E-state index is 11.2. The number of nitrogens with zero attached hydrogens (tertiary/aromatic N) is 2. The summed E-state index contributed by atoms with van der Waals surface area (Å²) in [6, 6.07) is 0. The lowest BCUT2D eigenvalue weighted by molar-refractivity contribution is -0.130. The lowest BCUT2D eigenvalue weighted by atomic mass is 10.4. The van der Waals surface area contributed by atoms with Crippen molar-refractivity contribution in [1.29, 1.82) is 0 Å². The zero-order valence-electron chi connectivity index (χ0n) is 8.20. The summed E-state index contributed by atoms with van der Waals surface area (Å²) < 4.78 is 0. The minimum atomic E-state index is 0.172. The Balaban J connectivity index is 2.54. The van der Waals surface area contributed by atoms with Gasteiger partial charge in [0, 0.05) is 24.5 Å². The molecule has 1 aromatic rings. The molecule has 0 spiro atoms. The maximum Gasteiger partial charge on any atom is 0.222 e. The number of carbonyl (C=O) groups excluding carboxylic acids is 1. The van der Waals surface area contributed by atoms with Crippen LogP contribution < -0.4 is 0 Å². The molecule has 1 rings (SSSR count). The predicted molar refractivity (Wildman–Crippen MR) is 53.6 cm³/mol. The Kier molecular flexibility index (Phi) is 3.42. The highest BCUT2D eigenvalue weighted by Crippen LogP contribution is 2.13. The van der Waals surface area contributed by atoms with Crippen LogP contribution in [-0.4, -0.2) is 22.8 Å². The van der Waals surface area contributed by atoms with E-state index in [0.29, 0.717) is 13.0 Å². The van der Waals surface area contributed by atoms with Crippen molar-refractivity contribution in [3.8, 4) is 0 Å². The minimum Gasteiger partial charge on any atom is -0.341 e. The molecular formula is C9H14N2OS. The largest absolute Gasteiger partial charge is 0.341 e. The molecule has 13 heavy (non-hydrogen) atoms. The molecule has 0 fully saturated rings. The van der Waals surface area contributed by atoms with Gasteiger partial charge in [-0.1, -0.05) is 6.92 Å². The van der Waals surface area contributed by atoms with E-state index in [1.807, 2.05) is 27.1 Å². The average molecular weight is 198 g/mol. The second-order valence-electron chi connectivity index (χ2n) is 2.95. The first-order valence-corrected chi connectivity index (χ1v) is 5.10. The first kappa shape index (κ1) is 10.2. The minimum absolute atomic E-state index is 0.172. The zero-order chi connectivity index (χ0) is 9.84. The molecule has 0 bridgehead atoms. The SMILES string of the molecule is CCC(=O)N(C)Cc1cnc(C)s1. The Morgan fingerprint density at radius 3 is 2.85 bits per heavy atom. The number of amides is 1. The highest BCUT2D eigenvalue weighted by Gasteiger charge is 2.07. The molecule has 3 nitrogen and oxygen atoms in total. The van der Waals surface area contributed by atoms with Crippen LogP contribution in [0.4, 0.5) is 0 Å². The number of aryl methyl sites for hydroxylation is 1. The van der Waals surface area contributed by atoms with E-state index in [4.69, 9.17) is 0 Å². The molecular weight excluding hydrogens is 184 g/mol. The monoisotopic (exact) mass is 198 g/mol. The predicted octanol–water partition coefficient (Wildman–Crippen LogP) is 1.82. The van der Waals surface area contributed by atoms with Gasteiger partial charge in [0.25, 0.3) is 0 Å². The topological polar surface area (TPSA) is 33.2 Å². The van der Waals surface area contributed by atoms with Crippen molar-refractivity contribution in [3.63, 3.8) is 0 Å². The number of rotatable bonds is 3.